The average Bonchev–Trinajstić information content (AvgIpc) is 2.46. The van der Waals surface area contributed by atoms with Crippen LogP contribution in [0.15, 0.2) is 12.3 Å². The molecule has 0 N–H and O–H groups in total. The highest BCUT2D eigenvalue weighted by molar-refractivity contribution is 6.31. The molecule has 0 aliphatic heterocycles. The third-order valence-electron chi connectivity index (χ3n) is 2.19. The molecule has 2 heterocycles. The molecule has 2 rings (SSSR count). The molecule has 6 heteroatoms. The van der Waals surface area contributed by atoms with Crippen molar-refractivity contribution in [2.75, 3.05) is 0 Å². The van der Waals surface area contributed by atoms with Crippen molar-refractivity contribution in [3.05, 3.63) is 39.5 Å². The largest absolute Gasteiger partial charge is 0.233 e. The van der Waals surface area contributed by atoms with Gasteiger partial charge in [0.1, 0.15) is 0 Å². The molecule has 2 aromatic rings. The molecule has 0 atom stereocenters. The van der Waals surface area contributed by atoms with Gasteiger partial charge in [-0.3, -0.25) is 0 Å². The maximum absolute atomic E-state index is 13.6. The molecule has 0 bridgehead atoms. The summed E-state index contributed by atoms with van der Waals surface area (Å²) in [6.07, 6.45) is 1.37. The summed E-state index contributed by atoms with van der Waals surface area (Å²) < 4.78 is 15.0. The van der Waals surface area contributed by atoms with Crippen LogP contribution in [0.4, 0.5) is 4.39 Å². The molecule has 0 saturated carbocycles. The van der Waals surface area contributed by atoms with Crippen LogP contribution in [-0.2, 0) is 0 Å². The molecule has 0 saturated heterocycles. The molecule has 3 nitrogen and oxygen atoms in total. The van der Waals surface area contributed by atoms with Crippen molar-refractivity contribution in [2.24, 2.45) is 0 Å². The van der Waals surface area contributed by atoms with E-state index in [0.29, 0.717) is 16.4 Å². The van der Waals surface area contributed by atoms with Crippen molar-refractivity contribution in [3.63, 3.8) is 0 Å². The molecule has 16 heavy (non-hydrogen) atoms. The second kappa shape index (κ2) is 4.03. The van der Waals surface area contributed by atoms with Crippen LogP contribution in [-0.4, -0.2) is 14.8 Å². The SMILES string of the molecule is Cc1nn(-c2ncc(Cl)cc2F)c(C)c1Cl. The van der Waals surface area contributed by atoms with E-state index in [9.17, 15) is 4.39 Å². The first kappa shape index (κ1) is 11.4. The van der Waals surface area contributed by atoms with Crippen molar-refractivity contribution in [3.8, 4) is 5.82 Å². The van der Waals surface area contributed by atoms with E-state index in [0.717, 1.165) is 0 Å². The first-order valence-electron chi connectivity index (χ1n) is 4.54. The molecule has 0 fully saturated rings. The Balaban J connectivity index is 2.63. The number of halogens is 3. The van der Waals surface area contributed by atoms with Gasteiger partial charge in [-0.15, -0.1) is 0 Å². The predicted molar refractivity (Wildman–Crippen MR) is 60.8 cm³/mol. The van der Waals surface area contributed by atoms with Crippen molar-refractivity contribution >= 4 is 23.2 Å². The first-order chi connectivity index (χ1) is 7.50. The van der Waals surface area contributed by atoms with Crippen LogP contribution in [0.5, 0.6) is 0 Å². The summed E-state index contributed by atoms with van der Waals surface area (Å²) in [5.74, 6) is -0.438. The van der Waals surface area contributed by atoms with Crippen LogP contribution in [0.25, 0.3) is 5.82 Å². The monoisotopic (exact) mass is 259 g/mol. The number of hydrogen-bond donors (Lipinski definition) is 0. The van der Waals surface area contributed by atoms with Gasteiger partial charge in [-0.2, -0.15) is 5.10 Å². The lowest BCUT2D eigenvalue weighted by Gasteiger charge is -2.04. The summed E-state index contributed by atoms with van der Waals surface area (Å²) in [7, 11) is 0. The molecular weight excluding hydrogens is 252 g/mol. The molecule has 0 aromatic carbocycles. The van der Waals surface area contributed by atoms with Gasteiger partial charge in [-0.25, -0.2) is 14.1 Å². The van der Waals surface area contributed by atoms with E-state index in [4.69, 9.17) is 23.2 Å². The van der Waals surface area contributed by atoms with Crippen LogP contribution in [0.3, 0.4) is 0 Å². The van der Waals surface area contributed by atoms with E-state index >= 15 is 0 Å². The van der Waals surface area contributed by atoms with Gasteiger partial charge in [0.2, 0.25) is 0 Å². The minimum atomic E-state index is -0.533. The number of pyridine rings is 1. The highest BCUT2D eigenvalue weighted by Crippen LogP contribution is 2.23. The Labute approximate surface area is 102 Å². The molecule has 2 aromatic heterocycles. The van der Waals surface area contributed by atoms with Crippen LogP contribution < -0.4 is 0 Å². The minimum Gasteiger partial charge on any atom is -0.233 e. The molecule has 0 radical (unpaired) electrons. The summed E-state index contributed by atoms with van der Waals surface area (Å²) in [5, 5.41) is 4.86. The van der Waals surface area contributed by atoms with Crippen molar-refractivity contribution in [2.45, 2.75) is 13.8 Å². The quantitative estimate of drug-likeness (QED) is 0.787. The average molecular weight is 260 g/mol. The zero-order valence-corrected chi connectivity index (χ0v) is 10.1. The number of aryl methyl sites for hydroxylation is 1. The van der Waals surface area contributed by atoms with Gasteiger partial charge < -0.3 is 0 Å². The van der Waals surface area contributed by atoms with Gasteiger partial charge >= 0.3 is 0 Å². The van der Waals surface area contributed by atoms with Gasteiger partial charge in [0.15, 0.2) is 11.6 Å². The molecule has 0 aliphatic carbocycles. The highest BCUT2D eigenvalue weighted by atomic mass is 35.5. The highest BCUT2D eigenvalue weighted by Gasteiger charge is 2.15. The fraction of sp³-hybridized carbons (Fsp3) is 0.200. The van der Waals surface area contributed by atoms with E-state index in [1.165, 1.54) is 16.9 Å². The summed E-state index contributed by atoms with van der Waals surface area (Å²) in [6, 6.07) is 1.19. The Morgan fingerprint density at radius 1 is 1.31 bits per heavy atom. The number of nitrogens with zero attached hydrogens (tertiary/aromatic N) is 3. The Morgan fingerprint density at radius 3 is 2.50 bits per heavy atom. The smallest absolute Gasteiger partial charge is 0.190 e. The van der Waals surface area contributed by atoms with Crippen LogP contribution in [0.2, 0.25) is 10.0 Å². The van der Waals surface area contributed by atoms with Crippen molar-refractivity contribution < 1.29 is 4.39 Å². The maximum atomic E-state index is 13.6. The number of hydrogen-bond acceptors (Lipinski definition) is 2. The van der Waals surface area contributed by atoms with Gasteiger partial charge in [0, 0.05) is 6.20 Å². The predicted octanol–water partition coefficient (Wildman–Crippen LogP) is 3.33. The first-order valence-corrected chi connectivity index (χ1v) is 5.29. The second-order valence-electron chi connectivity index (χ2n) is 3.36. The normalized spacial score (nSPS) is 10.8. The van der Waals surface area contributed by atoms with Crippen molar-refractivity contribution in [1.29, 1.82) is 0 Å². The Bertz CT molecular complexity index is 551. The van der Waals surface area contributed by atoms with E-state index in [1.54, 1.807) is 13.8 Å². The summed E-state index contributed by atoms with van der Waals surface area (Å²) in [4.78, 5) is 3.90. The zero-order chi connectivity index (χ0) is 11.9. The summed E-state index contributed by atoms with van der Waals surface area (Å²) in [5.41, 5.74) is 1.28. The fourth-order valence-electron chi connectivity index (χ4n) is 1.39. The molecule has 0 aliphatic rings. The number of rotatable bonds is 1. The van der Waals surface area contributed by atoms with Gasteiger partial charge in [0.25, 0.3) is 0 Å². The van der Waals surface area contributed by atoms with Crippen LogP contribution in [0.1, 0.15) is 11.4 Å². The van der Waals surface area contributed by atoms with Gasteiger partial charge in [-0.05, 0) is 19.9 Å². The number of aromatic nitrogens is 3. The van der Waals surface area contributed by atoms with E-state index < -0.39 is 5.82 Å². The standard InChI is InChI=1S/C10H8Cl2FN3/c1-5-9(12)6(2)16(15-5)10-8(13)3-7(11)4-14-10/h3-4H,1-2H3. The molecular formula is C10H8Cl2FN3. The van der Waals surface area contributed by atoms with Gasteiger partial charge in [0.05, 0.1) is 21.4 Å². The third kappa shape index (κ3) is 1.79. The Morgan fingerprint density at radius 2 is 2.00 bits per heavy atom. The van der Waals surface area contributed by atoms with Crippen LogP contribution in [0, 0.1) is 19.7 Å². The van der Waals surface area contributed by atoms with Gasteiger partial charge in [-0.1, -0.05) is 23.2 Å². The fourth-order valence-corrected chi connectivity index (χ4v) is 1.66. The van der Waals surface area contributed by atoms with E-state index in [2.05, 4.69) is 10.1 Å². The molecule has 0 unspecified atom stereocenters. The summed E-state index contributed by atoms with van der Waals surface area (Å²) >= 11 is 11.6. The maximum Gasteiger partial charge on any atom is 0.190 e. The summed E-state index contributed by atoms with van der Waals surface area (Å²) in [6.45, 7) is 3.50. The lowest BCUT2D eigenvalue weighted by Crippen LogP contribution is -2.04. The lowest BCUT2D eigenvalue weighted by atomic mass is 10.4. The van der Waals surface area contributed by atoms with Crippen LogP contribution >= 0.6 is 23.2 Å². The Hall–Kier alpha value is -1.13. The zero-order valence-electron chi connectivity index (χ0n) is 8.63. The third-order valence-corrected chi connectivity index (χ3v) is 2.95. The second-order valence-corrected chi connectivity index (χ2v) is 4.17. The van der Waals surface area contributed by atoms with E-state index in [-0.39, 0.29) is 10.8 Å². The minimum absolute atomic E-state index is 0.0944. The van der Waals surface area contributed by atoms with E-state index in [1.807, 2.05) is 0 Å². The molecule has 0 spiro atoms. The lowest BCUT2D eigenvalue weighted by molar-refractivity contribution is 0.597. The molecule has 84 valence electrons. The Kier molecular flexibility index (Phi) is 2.86. The topological polar surface area (TPSA) is 30.7 Å². The molecule has 0 amide bonds. The van der Waals surface area contributed by atoms with Crippen molar-refractivity contribution in [1.82, 2.24) is 14.8 Å².